The molecule has 0 amide bonds. The van der Waals surface area contributed by atoms with Gasteiger partial charge in [0.1, 0.15) is 0 Å². The molecular formula is C17H24ClN3OS. The van der Waals surface area contributed by atoms with Gasteiger partial charge in [-0.05, 0) is 38.8 Å². The number of carbonyl (C=O) groups is 1. The zero-order valence-corrected chi connectivity index (χ0v) is 15.2. The van der Waals surface area contributed by atoms with Crippen molar-refractivity contribution in [1.29, 1.82) is 0 Å². The van der Waals surface area contributed by atoms with Crippen molar-refractivity contribution in [3.8, 4) is 0 Å². The molecule has 1 aromatic carbocycles. The van der Waals surface area contributed by atoms with Crippen LogP contribution >= 0.6 is 23.7 Å². The highest BCUT2D eigenvalue weighted by atomic mass is 35.5. The molecule has 1 aromatic heterocycles. The first-order chi connectivity index (χ1) is 10.6. The van der Waals surface area contributed by atoms with E-state index in [4.69, 9.17) is 5.73 Å². The molecule has 0 radical (unpaired) electrons. The molecule has 4 nitrogen and oxygen atoms in total. The highest BCUT2D eigenvalue weighted by molar-refractivity contribution is 7.17. The SMILES string of the molecule is Cc1ccccc1C(=O)c1sc(NCCCCCN)nc1C.Cl. The topological polar surface area (TPSA) is 68.0 Å². The van der Waals surface area contributed by atoms with E-state index in [1.54, 1.807) is 0 Å². The van der Waals surface area contributed by atoms with Crippen LogP contribution in [0.3, 0.4) is 0 Å². The number of aromatic nitrogens is 1. The number of halogens is 1. The fraction of sp³-hybridized carbons (Fsp3) is 0.412. The molecule has 0 saturated heterocycles. The number of hydrogen-bond acceptors (Lipinski definition) is 5. The first-order valence-corrected chi connectivity index (χ1v) is 8.47. The standard InChI is InChI=1S/C17H23N3OS.ClH/c1-12-8-4-5-9-14(12)15(21)16-13(2)20-17(22-16)19-11-7-3-6-10-18;/h4-5,8-9H,3,6-7,10-11,18H2,1-2H3,(H,19,20);1H. The van der Waals surface area contributed by atoms with Crippen LogP contribution in [0.2, 0.25) is 0 Å². The summed E-state index contributed by atoms with van der Waals surface area (Å²) < 4.78 is 0. The van der Waals surface area contributed by atoms with Gasteiger partial charge in [0.15, 0.2) is 5.13 Å². The van der Waals surface area contributed by atoms with Gasteiger partial charge in [-0.3, -0.25) is 4.79 Å². The summed E-state index contributed by atoms with van der Waals surface area (Å²) in [7, 11) is 0. The van der Waals surface area contributed by atoms with Crippen LogP contribution in [0.1, 0.15) is 45.8 Å². The number of nitrogens with two attached hydrogens (primary N) is 1. The molecule has 2 aromatic rings. The lowest BCUT2D eigenvalue weighted by molar-refractivity contribution is 0.104. The number of aryl methyl sites for hydroxylation is 2. The summed E-state index contributed by atoms with van der Waals surface area (Å²) in [5.74, 6) is 0.0595. The van der Waals surface area contributed by atoms with Crippen molar-refractivity contribution in [2.24, 2.45) is 5.73 Å². The maximum atomic E-state index is 12.6. The Labute approximate surface area is 147 Å². The molecule has 6 heteroatoms. The minimum Gasteiger partial charge on any atom is -0.361 e. The molecule has 3 N–H and O–H groups in total. The molecule has 0 aliphatic heterocycles. The van der Waals surface area contributed by atoms with Gasteiger partial charge in [0.05, 0.1) is 10.6 Å². The van der Waals surface area contributed by atoms with Gasteiger partial charge < -0.3 is 11.1 Å². The number of ketones is 1. The van der Waals surface area contributed by atoms with Crippen LogP contribution in [0.4, 0.5) is 5.13 Å². The third kappa shape index (κ3) is 5.30. The normalized spacial score (nSPS) is 10.2. The smallest absolute Gasteiger partial charge is 0.205 e. The van der Waals surface area contributed by atoms with Gasteiger partial charge in [-0.2, -0.15) is 0 Å². The first-order valence-electron chi connectivity index (χ1n) is 7.65. The maximum Gasteiger partial charge on any atom is 0.205 e. The van der Waals surface area contributed by atoms with Gasteiger partial charge in [-0.25, -0.2) is 4.98 Å². The summed E-state index contributed by atoms with van der Waals surface area (Å²) in [6.07, 6.45) is 3.23. The minimum absolute atomic E-state index is 0. The Morgan fingerprint density at radius 3 is 2.65 bits per heavy atom. The van der Waals surface area contributed by atoms with Gasteiger partial charge in [0, 0.05) is 12.1 Å². The number of nitrogens with zero attached hydrogens (tertiary/aromatic N) is 1. The highest BCUT2D eigenvalue weighted by Crippen LogP contribution is 2.26. The van der Waals surface area contributed by atoms with Crippen molar-refractivity contribution >= 4 is 34.7 Å². The van der Waals surface area contributed by atoms with E-state index in [1.807, 2.05) is 38.1 Å². The Morgan fingerprint density at radius 1 is 1.22 bits per heavy atom. The number of rotatable bonds is 8. The summed E-state index contributed by atoms with van der Waals surface area (Å²) >= 11 is 1.44. The van der Waals surface area contributed by atoms with E-state index >= 15 is 0 Å². The van der Waals surface area contributed by atoms with Crippen LogP contribution < -0.4 is 11.1 Å². The zero-order valence-electron chi connectivity index (χ0n) is 13.6. The maximum absolute atomic E-state index is 12.6. The van der Waals surface area contributed by atoms with E-state index in [0.29, 0.717) is 0 Å². The van der Waals surface area contributed by atoms with Gasteiger partial charge in [0.25, 0.3) is 0 Å². The molecule has 0 spiro atoms. The lowest BCUT2D eigenvalue weighted by atomic mass is 10.0. The minimum atomic E-state index is 0. The Hall–Kier alpha value is -1.43. The fourth-order valence-electron chi connectivity index (χ4n) is 2.27. The number of hydrogen-bond donors (Lipinski definition) is 2. The van der Waals surface area contributed by atoms with Crippen molar-refractivity contribution in [1.82, 2.24) is 4.98 Å². The van der Waals surface area contributed by atoms with Crippen LogP contribution in [0.5, 0.6) is 0 Å². The predicted molar refractivity (Wildman–Crippen MR) is 100 cm³/mol. The van der Waals surface area contributed by atoms with Crippen LogP contribution in [0, 0.1) is 13.8 Å². The molecule has 126 valence electrons. The van der Waals surface area contributed by atoms with E-state index in [1.165, 1.54) is 11.3 Å². The number of anilines is 1. The molecule has 1 heterocycles. The molecule has 0 fully saturated rings. The van der Waals surface area contributed by atoms with Gasteiger partial charge >= 0.3 is 0 Å². The van der Waals surface area contributed by atoms with E-state index in [2.05, 4.69) is 10.3 Å². The molecule has 0 aliphatic carbocycles. The van der Waals surface area contributed by atoms with E-state index < -0.39 is 0 Å². The molecule has 0 atom stereocenters. The van der Waals surface area contributed by atoms with Crippen molar-refractivity contribution in [2.75, 3.05) is 18.4 Å². The van der Waals surface area contributed by atoms with Gasteiger partial charge in [-0.1, -0.05) is 42.0 Å². The van der Waals surface area contributed by atoms with Crippen LogP contribution in [0.15, 0.2) is 24.3 Å². The molecular weight excluding hydrogens is 330 g/mol. The zero-order chi connectivity index (χ0) is 15.9. The molecule has 0 aliphatic rings. The molecule has 0 unspecified atom stereocenters. The van der Waals surface area contributed by atoms with Crippen molar-refractivity contribution in [3.63, 3.8) is 0 Å². The monoisotopic (exact) mass is 353 g/mol. The average molecular weight is 354 g/mol. The van der Waals surface area contributed by atoms with Crippen LogP contribution in [-0.4, -0.2) is 23.9 Å². The summed E-state index contributed by atoms with van der Waals surface area (Å²) in [4.78, 5) is 17.8. The summed E-state index contributed by atoms with van der Waals surface area (Å²) in [6, 6.07) is 7.67. The summed E-state index contributed by atoms with van der Waals surface area (Å²) in [5.41, 5.74) is 8.02. The van der Waals surface area contributed by atoms with Crippen molar-refractivity contribution in [2.45, 2.75) is 33.1 Å². The van der Waals surface area contributed by atoms with Crippen LogP contribution in [-0.2, 0) is 0 Å². The van der Waals surface area contributed by atoms with Crippen LogP contribution in [0.25, 0.3) is 0 Å². The number of carbonyl (C=O) groups excluding carboxylic acids is 1. The number of nitrogens with one attached hydrogen (secondary N) is 1. The van der Waals surface area contributed by atoms with Gasteiger partial charge in [0.2, 0.25) is 5.78 Å². The predicted octanol–water partition coefficient (Wildman–Crippen LogP) is 3.95. The second kappa shape index (κ2) is 9.65. The summed E-state index contributed by atoms with van der Waals surface area (Å²) in [6.45, 7) is 5.46. The number of benzene rings is 1. The lowest BCUT2D eigenvalue weighted by Crippen LogP contribution is -2.03. The molecule has 0 saturated carbocycles. The molecule has 0 bridgehead atoms. The highest BCUT2D eigenvalue weighted by Gasteiger charge is 2.18. The lowest BCUT2D eigenvalue weighted by Gasteiger charge is -2.03. The van der Waals surface area contributed by atoms with Crippen molar-refractivity contribution < 1.29 is 4.79 Å². The third-order valence-electron chi connectivity index (χ3n) is 3.55. The fourth-order valence-corrected chi connectivity index (χ4v) is 3.22. The number of thiazole rings is 1. The average Bonchev–Trinajstić information content (AvgIpc) is 2.88. The van der Waals surface area contributed by atoms with Gasteiger partial charge in [-0.15, -0.1) is 12.4 Å². The summed E-state index contributed by atoms with van der Waals surface area (Å²) in [5, 5.41) is 4.12. The van der Waals surface area contributed by atoms with Crippen molar-refractivity contribution in [3.05, 3.63) is 46.0 Å². The Balaban J connectivity index is 0.00000264. The second-order valence-electron chi connectivity index (χ2n) is 5.35. The third-order valence-corrected chi connectivity index (χ3v) is 4.66. The quantitative estimate of drug-likeness (QED) is 0.557. The van der Waals surface area contributed by atoms with E-state index in [9.17, 15) is 4.79 Å². The Morgan fingerprint density at radius 2 is 1.96 bits per heavy atom. The molecule has 2 rings (SSSR count). The Kier molecular flexibility index (Phi) is 8.23. The van der Waals surface area contributed by atoms with E-state index in [0.717, 1.165) is 59.2 Å². The first kappa shape index (κ1) is 19.6. The Bertz CT molecular complexity index is 643. The number of unbranched alkanes of at least 4 members (excludes halogenated alkanes) is 2. The second-order valence-corrected chi connectivity index (χ2v) is 6.35. The van der Waals surface area contributed by atoms with E-state index in [-0.39, 0.29) is 18.2 Å². The molecule has 23 heavy (non-hydrogen) atoms. The largest absolute Gasteiger partial charge is 0.361 e.